The molecular weight excluding hydrogens is 172 g/mol. The summed E-state index contributed by atoms with van der Waals surface area (Å²) in [4.78, 5) is 21.4. The van der Waals surface area contributed by atoms with Crippen molar-refractivity contribution in [2.45, 2.75) is 32.4 Å². The highest BCUT2D eigenvalue weighted by Crippen LogP contribution is 2.28. The number of hydrogen-bond acceptors (Lipinski definition) is 2. The van der Waals surface area contributed by atoms with Gasteiger partial charge in [-0.05, 0) is 19.3 Å². The van der Waals surface area contributed by atoms with Gasteiger partial charge in [0, 0.05) is 6.04 Å². The van der Waals surface area contributed by atoms with E-state index in [0.29, 0.717) is 5.92 Å². The van der Waals surface area contributed by atoms with Gasteiger partial charge in [-0.1, -0.05) is 6.92 Å². The second-order valence-corrected chi connectivity index (χ2v) is 3.50. The Morgan fingerprint density at radius 1 is 1.54 bits per heavy atom. The average molecular weight is 186 g/mol. The van der Waals surface area contributed by atoms with Crippen molar-refractivity contribution < 1.29 is 14.7 Å². The molecule has 0 aromatic rings. The molecule has 5 nitrogen and oxygen atoms in total. The molecule has 1 aliphatic carbocycles. The van der Waals surface area contributed by atoms with E-state index in [1.54, 1.807) is 0 Å². The zero-order valence-electron chi connectivity index (χ0n) is 7.70. The predicted molar refractivity (Wildman–Crippen MR) is 46.3 cm³/mol. The zero-order chi connectivity index (χ0) is 10.0. The highest BCUT2D eigenvalue weighted by molar-refractivity contribution is 5.82. The van der Waals surface area contributed by atoms with Gasteiger partial charge in [0.2, 0.25) is 0 Å². The molecule has 3 atom stereocenters. The number of carbonyl (C=O) groups is 2. The van der Waals surface area contributed by atoms with E-state index in [-0.39, 0.29) is 6.04 Å². The van der Waals surface area contributed by atoms with Crippen LogP contribution in [0.25, 0.3) is 0 Å². The fraction of sp³-hybridized carbons (Fsp3) is 0.750. The molecule has 1 aliphatic rings. The topological polar surface area (TPSA) is 78.4 Å². The van der Waals surface area contributed by atoms with Gasteiger partial charge in [0.15, 0.2) is 0 Å². The monoisotopic (exact) mass is 186 g/mol. The molecule has 0 heterocycles. The number of hydrogen-bond donors (Lipinski definition) is 3. The van der Waals surface area contributed by atoms with E-state index in [1.165, 1.54) is 6.92 Å². The second kappa shape index (κ2) is 3.64. The van der Waals surface area contributed by atoms with Crippen molar-refractivity contribution in [2.75, 3.05) is 0 Å². The Balaban J connectivity index is 2.21. The van der Waals surface area contributed by atoms with Gasteiger partial charge < -0.3 is 15.7 Å². The van der Waals surface area contributed by atoms with E-state index in [4.69, 9.17) is 5.11 Å². The van der Waals surface area contributed by atoms with Crippen LogP contribution in [0.3, 0.4) is 0 Å². The minimum absolute atomic E-state index is 0.223. The first kappa shape index (κ1) is 9.83. The summed E-state index contributed by atoms with van der Waals surface area (Å²) < 4.78 is 0. The first-order valence-electron chi connectivity index (χ1n) is 4.30. The van der Waals surface area contributed by atoms with Gasteiger partial charge in [0.1, 0.15) is 6.04 Å². The van der Waals surface area contributed by atoms with Crippen LogP contribution < -0.4 is 10.6 Å². The van der Waals surface area contributed by atoms with Crippen LogP contribution in [0, 0.1) is 5.92 Å². The number of nitrogens with one attached hydrogen (secondary N) is 2. The van der Waals surface area contributed by atoms with Crippen LogP contribution in [0.2, 0.25) is 0 Å². The SMILES string of the molecule is CC1CC1NC(=O)N[C@@H](C)C(=O)O. The lowest BCUT2D eigenvalue weighted by Gasteiger charge is -2.09. The maximum atomic E-state index is 11.1. The van der Waals surface area contributed by atoms with Crippen molar-refractivity contribution in [2.24, 2.45) is 5.92 Å². The third-order valence-electron chi connectivity index (χ3n) is 2.14. The standard InChI is InChI=1S/C8H14N2O3/c1-4-3-6(4)10-8(13)9-5(2)7(11)12/h4-6H,3H2,1-2H3,(H,11,12)(H2,9,10,13)/t4?,5-,6?/m0/s1. The number of carboxylic acids is 1. The van der Waals surface area contributed by atoms with Crippen LogP contribution in [0.15, 0.2) is 0 Å². The van der Waals surface area contributed by atoms with Gasteiger partial charge in [-0.2, -0.15) is 0 Å². The zero-order valence-corrected chi connectivity index (χ0v) is 7.70. The summed E-state index contributed by atoms with van der Waals surface area (Å²) in [6.07, 6.45) is 0.981. The number of carbonyl (C=O) groups excluding carboxylic acids is 1. The van der Waals surface area contributed by atoms with Crippen molar-refractivity contribution in [3.05, 3.63) is 0 Å². The molecule has 2 unspecified atom stereocenters. The third-order valence-corrected chi connectivity index (χ3v) is 2.14. The minimum atomic E-state index is -1.03. The summed E-state index contributed by atoms with van der Waals surface area (Å²) in [5.74, 6) is -0.509. The van der Waals surface area contributed by atoms with Gasteiger partial charge in [-0.25, -0.2) is 4.79 Å². The average Bonchev–Trinajstić information content (AvgIpc) is 2.65. The Morgan fingerprint density at radius 2 is 2.08 bits per heavy atom. The van der Waals surface area contributed by atoms with E-state index < -0.39 is 18.0 Å². The van der Waals surface area contributed by atoms with Gasteiger partial charge in [0.25, 0.3) is 0 Å². The van der Waals surface area contributed by atoms with Gasteiger partial charge in [0.05, 0.1) is 0 Å². The molecule has 0 aromatic carbocycles. The summed E-state index contributed by atoms with van der Waals surface area (Å²) in [7, 11) is 0. The van der Waals surface area contributed by atoms with Crippen LogP contribution in [-0.2, 0) is 4.79 Å². The quantitative estimate of drug-likeness (QED) is 0.587. The van der Waals surface area contributed by atoms with Gasteiger partial charge in [-0.15, -0.1) is 0 Å². The molecule has 1 rings (SSSR count). The molecular formula is C8H14N2O3. The van der Waals surface area contributed by atoms with Crippen LogP contribution in [0.5, 0.6) is 0 Å². The lowest BCUT2D eigenvalue weighted by Crippen LogP contribution is -2.45. The third kappa shape index (κ3) is 2.93. The van der Waals surface area contributed by atoms with Crippen molar-refractivity contribution in [1.29, 1.82) is 0 Å². The molecule has 74 valence electrons. The van der Waals surface area contributed by atoms with Crippen molar-refractivity contribution in [1.82, 2.24) is 10.6 Å². The van der Waals surface area contributed by atoms with Crippen LogP contribution in [-0.4, -0.2) is 29.2 Å². The summed E-state index contributed by atoms with van der Waals surface area (Å²) in [5.41, 5.74) is 0. The molecule has 13 heavy (non-hydrogen) atoms. The molecule has 1 saturated carbocycles. The highest BCUT2D eigenvalue weighted by Gasteiger charge is 2.34. The minimum Gasteiger partial charge on any atom is -0.480 e. The maximum Gasteiger partial charge on any atom is 0.325 e. The fourth-order valence-electron chi connectivity index (χ4n) is 0.992. The van der Waals surface area contributed by atoms with E-state index >= 15 is 0 Å². The van der Waals surface area contributed by atoms with E-state index in [0.717, 1.165) is 6.42 Å². The molecule has 0 spiro atoms. The molecule has 0 radical (unpaired) electrons. The Kier molecular flexibility index (Phi) is 2.75. The van der Waals surface area contributed by atoms with Crippen LogP contribution >= 0.6 is 0 Å². The number of rotatable bonds is 3. The van der Waals surface area contributed by atoms with Crippen molar-refractivity contribution in [3.8, 4) is 0 Å². The van der Waals surface area contributed by atoms with Crippen molar-refractivity contribution >= 4 is 12.0 Å². The maximum absolute atomic E-state index is 11.1. The largest absolute Gasteiger partial charge is 0.480 e. The molecule has 0 aliphatic heterocycles. The van der Waals surface area contributed by atoms with Crippen LogP contribution in [0.1, 0.15) is 20.3 Å². The van der Waals surface area contributed by atoms with E-state index in [9.17, 15) is 9.59 Å². The normalized spacial score (nSPS) is 27.5. The number of urea groups is 1. The molecule has 0 saturated heterocycles. The highest BCUT2D eigenvalue weighted by atomic mass is 16.4. The number of carboxylic acid groups (broad SMARTS) is 1. The van der Waals surface area contributed by atoms with E-state index in [1.807, 2.05) is 6.92 Å². The molecule has 0 aromatic heterocycles. The Labute approximate surface area is 76.5 Å². The van der Waals surface area contributed by atoms with Gasteiger partial charge >= 0.3 is 12.0 Å². The smallest absolute Gasteiger partial charge is 0.325 e. The first-order chi connectivity index (χ1) is 6.00. The second-order valence-electron chi connectivity index (χ2n) is 3.50. The summed E-state index contributed by atoms with van der Waals surface area (Å²) in [5, 5.41) is 13.5. The molecule has 5 heteroatoms. The Hall–Kier alpha value is -1.26. The Bertz CT molecular complexity index is 229. The first-order valence-corrected chi connectivity index (χ1v) is 4.30. The molecule has 0 bridgehead atoms. The summed E-state index contributed by atoms with van der Waals surface area (Å²) in [6.45, 7) is 3.46. The lowest BCUT2D eigenvalue weighted by atomic mass is 10.3. The molecule has 2 amide bonds. The predicted octanol–water partition coefficient (Wildman–Crippen LogP) is 0.167. The summed E-state index contributed by atoms with van der Waals surface area (Å²) in [6, 6.07) is -1.01. The number of amides is 2. The van der Waals surface area contributed by atoms with Crippen LogP contribution in [0.4, 0.5) is 4.79 Å². The molecule has 1 fully saturated rings. The fourth-order valence-corrected chi connectivity index (χ4v) is 0.992. The number of aliphatic carboxylic acids is 1. The van der Waals surface area contributed by atoms with Crippen molar-refractivity contribution in [3.63, 3.8) is 0 Å². The molecule has 3 N–H and O–H groups in total. The van der Waals surface area contributed by atoms with E-state index in [2.05, 4.69) is 10.6 Å². The Morgan fingerprint density at radius 3 is 2.46 bits per heavy atom. The van der Waals surface area contributed by atoms with Gasteiger partial charge in [-0.3, -0.25) is 4.79 Å². The summed E-state index contributed by atoms with van der Waals surface area (Å²) >= 11 is 0. The lowest BCUT2D eigenvalue weighted by molar-refractivity contribution is -0.138.